The van der Waals surface area contributed by atoms with Crippen LogP contribution in [0.4, 0.5) is 0 Å². The van der Waals surface area contributed by atoms with Crippen molar-refractivity contribution in [2.75, 3.05) is 19.6 Å². The van der Waals surface area contributed by atoms with Crippen LogP contribution < -0.4 is 5.32 Å². The van der Waals surface area contributed by atoms with Gasteiger partial charge in [0.1, 0.15) is 0 Å². The van der Waals surface area contributed by atoms with E-state index in [9.17, 15) is 0 Å². The monoisotopic (exact) mass is 272 g/mol. The van der Waals surface area contributed by atoms with Crippen molar-refractivity contribution in [1.82, 2.24) is 10.2 Å². The van der Waals surface area contributed by atoms with E-state index in [4.69, 9.17) is 0 Å². The molecule has 2 heteroatoms. The summed E-state index contributed by atoms with van der Waals surface area (Å²) in [6, 6.07) is 11.7. The van der Waals surface area contributed by atoms with Gasteiger partial charge in [0.25, 0.3) is 0 Å². The third-order valence-electron chi connectivity index (χ3n) is 5.17. The average molecular weight is 272 g/mol. The zero-order valence-corrected chi connectivity index (χ0v) is 12.9. The molecule has 1 aliphatic heterocycles. The predicted molar refractivity (Wildman–Crippen MR) is 84.8 cm³/mol. The summed E-state index contributed by atoms with van der Waals surface area (Å²) < 4.78 is 0. The highest BCUT2D eigenvalue weighted by molar-refractivity contribution is 5.25. The summed E-state index contributed by atoms with van der Waals surface area (Å²) in [5.41, 5.74) is 1.53. The highest BCUT2D eigenvalue weighted by atomic mass is 15.2. The highest BCUT2D eigenvalue weighted by Gasteiger charge is 2.36. The van der Waals surface area contributed by atoms with Crippen LogP contribution in [0, 0.1) is 5.92 Å². The Morgan fingerprint density at radius 1 is 1.25 bits per heavy atom. The molecule has 0 spiro atoms. The number of piperazine rings is 1. The van der Waals surface area contributed by atoms with Gasteiger partial charge < -0.3 is 5.32 Å². The Bertz CT molecular complexity index is 426. The van der Waals surface area contributed by atoms with Gasteiger partial charge in [0.05, 0.1) is 5.54 Å². The van der Waals surface area contributed by atoms with Gasteiger partial charge in [0, 0.05) is 19.1 Å². The van der Waals surface area contributed by atoms with Gasteiger partial charge >= 0.3 is 0 Å². The van der Waals surface area contributed by atoms with Crippen molar-refractivity contribution in [1.29, 1.82) is 0 Å². The second-order valence-electron chi connectivity index (χ2n) is 6.84. The number of hydrogen-bond donors (Lipinski definition) is 1. The lowest BCUT2D eigenvalue weighted by molar-refractivity contribution is 0.0806. The van der Waals surface area contributed by atoms with Crippen LogP contribution >= 0.6 is 0 Å². The normalized spacial score (nSPS) is 31.4. The first-order valence-corrected chi connectivity index (χ1v) is 8.26. The molecule has 2 atom stereocenters. The van der Waals surface area contributed by atoms with Crippen LogP contribution in [-0.4, -0.2) is 30.6 Å². The second kappa shape index (κ2) is 5.87. The molecule has 1 saturated heterocycles. The van der Waals surface area contributed by atoms with E-state index >= 15 is 0 Å². The van der Waals surface area contributed by atoms with Crippen LogP contribution in [0.2, 0.25) is 0 Å². The molecule has 110 valence electrons. The summed E-state index contributed by atoms with van der Waals surface area (Å²) in [5, 5.41) is 3.80. The Hall–Kier alpha value is -0.860. The fraction of sp³-hybridized carbons (Fsp3) is 0.667. The summed E-state index contributed by atoms with van der Waals surface area (Å²) in [6.07, 6.45) is 5.60. The van der Waals surface area contributed by atoms with E-state index in [1.54, 1.807) is 0 Å². The van der Waals surface area contributed by atoms with Crippen LogP contribution in [-0.2, 0) is 5.54 Å². The molecule has 1 aromatic rings. The molecule has 0 radical (unpaired) electrons. The number of benzene rings is 1. The van der Waals surface area contributed by atoms with Crippen LogP contribution in [0.25, 0.3) is 0 Å². The molecule has 0 bridgehead atoms. The van der Waals surface area contributed by atoms with Gasteiger partial charge in [-0.15, -0.1) is 0 Å². The van der Waals surface area contributed by atoms with Gasteiger partial charge in [0.2, 0.25) is 0 Å². The summed E-state index contributed by atoms with van der Waals surface area (Å²) in [4.78, 5) is 2.74. The van der Waals surface area contributed by atoms with E-state index in [1.165, 1.54) is 37.8 Å². The van der Waals surface area contributed by atoms with Gasteiger partial charge in [-0.3, -0.25) is 4.90 Å². The first kappa shape index (κ1) is 14.1. The molecule has 1 aromatic carbocycles. The van der Waals surface area contributed by atoms with E-state index in [0.717, 1.165) is 19.0 Å². The van der Waals surface area contributed by atoms with Crippen LogP contribution in [0.3, 0.4) is 0 Å². The van der Waals surface area contributed by atoms with Crippen LogP contribution in [0.5, 0.6) is 0 Å². The van der Waals surface area contributed by atoms with E-state index in [-0.39, 0.29) is 5.54 Å². The van der Waals surface area contributed by atoms with Gasteiger partial charge in [-0.25, -0.2) is 0 Å². The van der Waals surface area contributed by atoms with Gasteiger partial charge in [-0.05, 0) is 37.8 Å². The Labute approximate surface area is 123 Å². The Kier molecular flexibility index (Phi) is 4.13. The van der Waals surface area contributed by atoms with Crippen LogP contribution in [0.15, 0.2) is 30.3 Å². The molecule has 2 aliphatic rings. The van der Waals surface area contributed by atoms with E-state index < -0.39 is 0 Å². The molecule has 0 amide bonds. The van der Waals surface area contributed by atoms with Gasteiger partial charge in [-0.2, -0.15) is 0 Å². The molecular formula is C18H28N2. The van der Waals surface area contributed by atoms with Crippen molar-refractivity contribution in [3.8, 4) is 0 Å². The summed E-state index contributed by atoms with van der Waals surface area (Å²) in [5.74, 6) is 1.03. The molecule has 20 heavy (non-hydrogen) atoms. The minimum absolute atomic E-state index is 0.108. The van der Waals surface area contributed by atoms with Crippen molar-refractivity contribution in [2.24, 2.45) is 5.92 Å². The number of nitrogens with one attached hydrogen (secondary N) is 1. The SMILES string of the molecule is CCC1CNC(C)(c2ccccc2)CN1CCC1CC1. The standard InChI is InChI=1S/C18H28N2/c1-3-17-13-19-18(2,16-7-5-4-6-8-16)14-20(17)12-11-15-9-10-15/h4-8,15,17,19H,3,9-14H2,1-2H3. The van der Waals surface area contributed by atoms with Crippen LogP contribution in [0.1, 0.15) is 45.1 Å². The average Bonchev–Trinajstić information content (AvgIpc) is 3.30. The Morgan fingerprint density at radius 3 is 2.65 bits per heavy atom. The maximum atomic E-state index is 3.80. The van der Waals surface area contributed by atoms with E-state index in [2.05, 4.69) is 54.4 Å². The fourth-order valence-corrected chi connectivity index (χ4v) is 3.48. The van der Waals surface area contributed by atoms with E-state index in [1.807, 2.05) is 0 Å². The highest BCUT2D eigenvalue weighted by Crippen LogP contribution is 2.34. The molecule has 2 nitrogen and oxygen atoms in total. The lowest BCUT2D eigenvalue weighted by Crippen LogP contribution is -2.61. The zero-order chi connectivity index (χ0) is 14.0. The first-order valence-electron chi connectivity index (χ1n) is 8.26. The minimum Gasteiger partial charge on any atom is -0.305 e. The zero-order valence-electron chi connectivity index (χ0n) is 12.9. The van der Waals surface area contributed by atoms with Crippen molar-refractivity contribution in [3.05, 3.63) is 35.9 Å². The summed E-state index contributed by atoms with van der Waals surface area (Å²) in [6.45, 7) is 8.22. The topological polar surface area (TPSA) is 15.3 Å². The molecule has 1 saturated carbocycles. The second-order valence-corrected chi connectivity index (χ2v) is 6.84. The van der Waals surface area contributed by atoms with E-state index in [0.29, 0.717) is 6.04 Å². The van der Waals surface area contributed by atoms with Crippen molar-refractivity contribution in [3.63, 3.8) is 0 Å². The lowest BCUT2D eigenvalue weighted by Gasteiger charge is -2.46. The molecule has 0 aromatic heterocycles. The van der Waals surface area contributed by atoms with Gasteiger partial charge in [0.15, 0.2) is 0 Å². The minimum atomic E-state index is 0.108. The third kappa shape index (κ3) is 3.07. The largest absolute Gasteiger partial charge is 0.305 e. The van der Waals surface area contributed by atoms with Crippen molar-refractivity contribution < 1.29 is 0 Å². The Balaban J connectivity index is 1.70. The van der Waals surface area contributed by atoms with Crippen molar-refractivity contribution >= 4 is 0 Å². The summed E-state index contributed by atoms with van der Waals surface area (Å²) in [7, 11) is 0. The lowest BCUT2D eigenvalue weighted by atomic mass is 9.87. The summed E-state index contributed by atoms with van der Waals surface area (Å²) >= 11 is 0. The number of rotatable bonds is 5. The number of hydrogen-bond acceptors (Lipinski definition) is 2. The maximum Gasteiger partial charge on any atom is 0.0535 e. The maximum absolute atomic E-state index is 3.80. The molecular weight excluding hydrogens is 244 g/mol. The van der Waals surface area contributed by atoms with Gasteiger partial charge in [-0.1, -0.05) is 50.1 Å². The molecule has 2 unspecified atom stereocenters. The molecule has 3 rings (SSSR count). The third-order valence-corrected chi connectivity index (χ3v) is 5.17. The molecule has 2 fully saturated rings. The molecule has 1 N–H and O–H groups in total. The fourth-order valence-electron chi connectivity index (χ4n) is 3.48. The molecule has 1 heterocycles. The van der Waals surface area contributed by atoms with Crippen molar-refractivity contribution in [2.45, 2.75) is 51.1 Å². The Morgan fingerprint density at radius 2 is 2.00 bits per heavy atom. The predicted octanol–water partition coefficient (Wildman–Crippen LogP) is 3.39. The quantitative estimate of drug-likeness (QED) is 0.884. The smallest absolute Gasteiger partial charge is 0.0535 e. The molecule has 1 aliphatic carbocycles. The number of nitrogens with zero attached hydrogens (tertiary/aromatic N) is 1. The first-order chi connectivity index (χ1) is 9.71.